The number of nitrogens with zero attached hydrogens (tertiary/aromatic N) is 2. The van der Waals surface area contributed by atoms with Gasteiger partial charge in [0.25, 0.3) is 0 Å². The summed E-state index contributed by atoms with van der Waals surface area (Å²) in [6.07, 6.45) is 1.45. The summed E-state index contributed by atoms with van der Waals surface area (Å²) < 4.78 is 20.4. The smallest absolute Gasteiger partial charge is 0.356 e. The minimum Gasteiger partial charge on any atom is -0.464 e. The number of carbonyl (C=O) groups is 1. The average molecular weight is 327 g/mol. The van der Waals surface area contributed by atoms with E-state index in [4.69, 9.17) is 4.74 Å². The summed E-state index contributed by atoms with van der Waals surface area (Å²) in [4.78, 5) is 15.7. The summed E-state index contributed by atoms with van der Waals surface area (Å²) in [5, 5.41) is 0. The molecule has 0 bridgehead atoms. The third kappa shape index (κ3) is 3.01. The fourth-order valence-corrected chi connectivity index (χ4v) is 2.33. The quantitative estimate of drug-likeness (QED) is 0.814. The molecule has 0 aliphatic heterocycles. The maximum Gasteiger partial charge on any atom is 0.356 e. The highest BCUT2D eigenvalue weighted by Gasteiger charge is 2.15. The van der Waals surface area contributed by atoms with Crippen LogP contribution in [0, 0.1) is 12.7 Å². The first kappa shape index (κ1) is 13.7. The molecule has 0 spiro atoms. The molecule has 1 heterocycles. The molecule has 1 aromatic heterocycles. The van der Waals surface area contributed by atoms with Crippen molar-refractivity contribution in [3.05, 3.63) is 51.8 Å². The van der Waals surface area contributed by atoms with Gasteiger partial charge in [-0.25, -0.2) is 14.2 Å². The van der Waals surface area contributed by atoms with Gasteiger partial charge in [-0.1, -0.05) is 15.9 Å². The van der Waals surface area contributed by atoms with Crippen LogP contribution < -0.4 is 0 Å². The highest BCUT2D eigenvalue weighted by Crippen LogP contribution is 2.17. The molecule has 2 rings (SSSR count). The van der Waals surface area contributed by atoms with Crippen molar-refractivity contribution >= 4 is 21.9 Å². The summed E-state index contributed by atoms with van der Waals surface area (Å²) >= 11 is 3.24. The van der Waals surface area contributed by atoms with Crippen LogP contribution in [-0.2, 0) is 11.3 Å². The SMILES string of the molecule is COC(=O)c1cnc(C)n1Cc1cc(F)cc(Br)c1. The van der Waals surface area contributed by atoms with Gasteiger partial charge in [-0.05, 0) is 30.7 Å². The summed E-state index contributed by atoms with van der Waals surface area (Å²) in [7, 11) is 1.31. The van der Waals surface area contributed by atoms with E-state index in [-0.39, 0.29) is 5.82 Å². The topological polar surface area (TPSA) is 44.1 Å². The number of imidazole rings is 1. The molecule has 0 aliphatic carbocycles. The monoisotopic (exact) mass is 326 g/mol. The Morgan fingerprint density at radius 2 is 2.21 bits per heavy atom. The van der Waals surface area contributed by atoms with Gasteiger partial charge in [0, 0.05) is 11.0 Å². The van der Waals surface area contributed by atoms with Gasteiger partial charge in [-0.2, -0.15) is 0 Å². The molecule has 0 fully saturated rings. The van der Waals surface area contributed by atoms with Gasteiger partial charge in [0.15, 0.2) is 0 Å². The van der Waals surface area contributed by atoms with E-state index in [0.717, 1.165) is 5.56 Å². The Morgan fingerprint density at radius 1 is 1.47 bits per heavy atom. The average Bonchev–Trinajstić information content (AvgIpc) is 2.69. The number of halogens is 2. The molecule has 0 atom stereocenters. The number of carbonyl (C=O) groups excluding carboxylic acids is 1. The van der Waals surface area contributed by atoms with Gasteiger partial charge in [-0.15, -0.1) is 0 Å². The lowest BCUT2D eigenvalue weighted by Crippen LogP contribution is -2.12. The Bertz CT molecular complexity index is 605. The van der Waals surface area contributed by atoms with Crippen LogP contribution in [0.3, 0.4) is 0 Å². The maximum absolute atomic E-state index is 13.3. The van der Waals surface area contributed by atoms with Crippen LogP contribution in [0.4, 0.5) is 4.39 Å². The predicted octanol–water partition coefficient (Wildman–Crippen LogP) is 2.93. The lowest BCUT2D eigenvalue weighted by atomic mass is 10.2. The Labute approximate surface area is 118 Å². The van der Waals surface area contributed by atoms with Crippen LogP contribution in [0.2, 0.25) is 0 Å². The molecular weight excluding hydrogens is 315 g/mol. The lowest BCUT2D eigenvalue weighted by molar-refractivity contribution is 0.0588. The minimum absolute atomic E-state index is 0.332. The zero-order chi connectivity index (χ0) is 14.0. The van der Waals surface area contributed by atoms with E-state index in [2.05, 4.69) is 20.9 Å². The fourth-order valence-electron chi connectivity index (χ4n) is 1.82. The van der Waals surface area contributed by atoms with Crippen molar-refractivity contribution in [2.75, 3.05) is 7.11 Å². The molecule has 0 saturated carbocycles. The molecule has 19 heavy (non-hydrogen) atoms. The van der Waals surface area contributed by atoms with Crippen molar-refractivity contribution in [2.24, 2.45) is 0 Å². The number of hydrogen-bond acceptors (Lipinski definition) is 3. The predicted molar refractivity (Wildman–Crippen MR) is 71.5 cm³/mol. The van der Waals surface area contributed by atoms with Crippen molar-refractivity contribution in [1.29, 1.82) is 0 Å². The molecule has 0 radical (unpaired) electrons. The standard InChI is InChI=1S/C13H12BrFN2O2/c1-8-16-6-12(13(18)19-2)17(8)7-9-3-10(14)5-11(15)4-9/h3-6H,7H2,1-2H3. The van der Waals surface area contributed by atoms with Crippen LogP contribution >= 0.6 is 15.9 Å². The normalized spacial score (nSPS) is 10.5. The van der Waals surface area contributed by atoms with E-state index in [1.807, 2.05) is 0 Å². The van der Waals surface area contributed by atoms with Crippen LogP contribution in [0.5, 0.6) is 0 Å². The van der Waals surface area contributed by atoms with Crippen LogP contribution in [0.15, 0.2) is 28.9 Å². The zero-order valence-electron chi connectivity index (χ0n) is 10.5. The molecule has 0 saturated heterocycles. The Hall–Kier alpha value is -1.69. The molecular formula is C13H12BrFN2O2. The lowest BCUT2D eigenvalue weighted by Gasteiger charge is -2.09. The summed E-state index contributed by atoms with van der Waals surface area (Å²) in [5.74, 6) is -0.126. The van der Waals surface area contributed by atoms with Crippen molar-refractivity contribution in [2.45, 2.75) is 13.5 Å². The second-order valence-electron chi connectivity index (χ2n) is 4.05. The van der Waals surface area contributed by atoms with Crippen LogP contribution in [0.1, 0.15) is 21.9 Å². The molecule has 0 N–H and O–H groups in total. The van der Waals surface area contributed by atoms with Gasteiger partial charge >= 0.3 is 5.97 Å². The number of ether oxygens (including phenoxy) is 1. The third-order valence-electron chi connectivity index (χ3n) is 2.71. The molecule has 2 aromatic rings. The Kier molecular flexibility index (Phi) is 3.99. The van der Waals surface area contributed by atoms with Gasteiger partial charge in [0.1, 0.15) is 17.3 Å². The molecule has 0 unspecified atom stereocenters. The number of benzene rings is 1. The first-order valence-corrected chi connectivity index (χ1v) is 6.36. The maximum atomic E-state index is 13.3. The Balaban J connectivity index is 2.37. The first-order valence-electron chi connectivity index (χ1n) is 5.56. The van der Waals surface area contributed by atoms with E-state index in [1.54, 1.807) is 17.6 Å². The third-order valence-corrected chi connectivity index (χ3v) is 3.17. The van der Waals surface area contributed by atoms with Crippen molar-refractivity contribution in [1.82, 2.24) is 9.55 Å². The number of esters is 1. The van der Waals surface area contributed by atoms with Gasteiger partial charge in [-0.3, -0.25) is 0 Å². The van der Waals surface area contributed by atoms with Crippen molar-refractivity contribution in [3.63, 3.8) is 0 Å². The van der Waals surface area contributed by atoms with Crippen LogP contribution in [-0.4, -0.2) is 22.6 Å². The number of aromatic nitrogens is 2. The van der Waals surface area contributed by atoms with E-state index < -0.39 is 5.97 Å². The van der Waals surface area contributed by atoms with Gasteiger partial charge in [0.2, 0.25) is 0 Å². The van der Waals surface area contributed by atoms with E-state index in [1.165, 1.54) is 25.4 Å². The van der Waals surface area contributed by atoms with Crippen molar-refractivity contribution < 1.29 is 13.9 Å². The minimum atomic E-state index is -0.462. The van der Waals surface area contributed by atoms with E-state index in [0.29, 0.717) is 22.5 Å². The van der Waals surface area contributed by atoms with Crippen LogP contribution in [0.25, 0.3) is 0 Å². The zero-order valence-corrected chi connectivity index (χ0v) is 12.1. The molecule has 100 valence electrons. The molecule has 1 aromatic carbocycles. The second kappa shape index (κ2) is 5.52. The van der Waals surface area contributed by atoms with E-state index >= 15 is 0 Å². The highest BCUT2D eigenvalue weighted by atomic mass is 79.9. The molecule has 4 nitrogen and oxygen atoms in total. The summed E-state index contributed by atoms with van der Waals surface area (Å²) in [6, 6.07) is 4.60. The molecule has 0 amide bonds. The summed E-state index contributed by atoms with van der Waals surface area (Å²) in [5.41, 5.74) is 1.08. The summed E-state index contributed by atoms with van der Waals surface area (Å²) in [6.45, 7) is 2.13. The van der Waals surface area contributed by atoms with Gasteiger partial charge < -0.3 is 9.30 Å². The number of methoxy groups -OCH3 is 1. The molecule has 0 aliphatic rings. The highest BCUT2D eigenvalue weighted by molar-refractivity contribution is 9.10. The first-order chi connectivity index (χ1) is 9.01. The molecule has 6 heteroatoms. The number of hydrogen-bond donors (Lipinski definition) is 0. The van der Waals surface area contributed by atoms with Gasteiger partial charge in [0.05, 0.1) is 13.3 Å². The second-order valence-corrected chi connectivity index (χ2v) is 4.96. The number of rotatable bonds is 3. The number of aryl methyl sites for hydroxylation is 1. The van der Waals surface area contributed by atoms with E-state index in [9.17, 15) is 9.18 Å². The largest absolute Gasteiger partial charge is 0.464 e. The van der Waals surface area contributed by atoms with Crippen molar-refractivity contribution in [3.8, 4) is 0 Å². The fraction of sp³-hybridized carbons (Fsp3) is 0.231. The Morgan fingerprint density at radius 3 is 2.84 bits per heavy atom.